The Balaban J connectivity index is 2.63. The van der Waals surface area contributed by atoms with Crippen molar-refractivity contribution in [2.24, 2.45) is 23.5 Å². The van der Waals surface area contributed by atoms with Crippen LogP contribution in [0.4, 0.5) is 0 Å². The average molecular weight is 173 g/mol. The molecule has 4 N–H and O–H groups in total. The van der Waals surface area contributed by atoms with Gasteiger partial charge in [0.25, 0.3) is 0 Å². The normalized spacial score (nSPS) is 49.2. The Morgan fingerprint density at radius 3 is 2.42 bits per heavy atom. The summed E-state index contributed by atoms with van der Waals surface area (Å²) >= 11 is 0. The predicted octanol–water partition coefficient (Wildman–Crippen LogP) is -0.0410. The van der Waals surface area contributed by atoms with Crippen LogP contribution in [0.5, 0.6) is 0 Å². The Labute approximate surface area is 73.6 Å². The Bertz CT molecular complexity index is 147. The molecule has 0 radical (unpaired) electrons. The van der Waals surface area contributed by atoms with Crippen LogP contribution in [0, 0.1) is 17.8 Å². The summed E-state index contributed by atoms with van der Waals surface area (Å²) in [6.07, 6.45) is 0.339. The first-order chi connectivity index (χ1) is 5.57. The van der Waals surface area contributed by atoms with Crippen LogP contribution in [0.15, 0.2) is 0 Å². The fourth-order valence-electron chi connectivity index (χ4n) is 2.07. The standard InChI is InChI=1S/C9H19NO2/c1-5-6(2)9(12)8(10)3-7(5)4-11/h5-9,11-12H,3-4,10H2,1-2H3. The third kappa shape index (κ3) is 1.63. The van der Waals surface area contributed by atoms with E-state index in [-0.39, 0.29) is 24.5 Å². The first-order valence-electron chi connectivity index (χ1n) is 4.62. The topological polar surface area (TPSA) is 66.5 Å². The van der Waals surface area contributed by atoms with Gasteiger partial charge in [-0.1, -0.05) is 13.8 Å². The van der Waals surface area contributed by atoms with Crippen molar-refractivity contribution in [3.05, 3.63) is 0 Å². The molecule has 1 rings (SSSR count). The minimum Gasteiger partial charge on any atom is -0.396 e. The molecule has 0 spiro atoms. The van der Waals surface area contributed by atoms with Crippen molar-refractivity contribution in [2.75, 3.05) is 6.61 Å². The van der Waals surface area contributed by atoms with E-state index in [1.807, 2.05) is 6.92 Å². The summed E-state index contributed by atoms with van der Waals surface area (Å²) in [5.74, 6) is 0.828. The van der Waals surface area contributed by atoms with Crippen LogP contribution in [0.3, 0.4) is 0 Å². The SMILES string of the molecule is CC1C(CO)CC(N)C(O)C1C. The molecule has 1 fully saturated rings. The molecule has 0 aliphatic heterocycles. The van der Waals surface area contributed by atoms with Gasteiger partial charge in [0, 0.05) is 12.6 Å². The van der Waals surface area contributed by atoms with Gasteiger partial charge in [0.2, 0.25) is 0 Å². The van der Waals surface area contributed by atoms with E-state index in [4.69, 9.17) is 10.8 Å². The smallest absolute Gasteiger partial charge is 0.0719 e. The maximum Gasteiger partial charge on any atom is 0.0719 e. The average Bonchev–Trinajstić information content (AvgIpc) is 2.08. The second kappa shape index (κ2) is 3.73. The summed E-state index contributed by atoms with van der Waals surface area (Å²) in [4.78, 5) is 0. The molecule has 5 unspecified atom stereocenters. The second-order valence-electron chi connectivity index (χ2n) is 4.05. The van der Waals surface area contributed by atoms with E-state index in [1.165, 1.54) is 0 Å². The molecule has 0 aromatic carbocycles. The molecule has 0 amide bonds. The molecule has 1 aliphatic rings. The highest BCUT2D eigenvalue weighted by molar-refractivity contribution is 4.90. The molecular weight excluding hydrogens is 154 g/mol. The lowest BCUT2D eigenvalue weighted by atomic mass is 9.70. The first kappa shape index (κ1) is 9.96. The van der Waals surface area contributed by atoms with Crippen molar-refractivity contribution in [1.29, 1.82) is 0 Å². The summed E-state index contributed by atoms with van der Waals surface area (Å²) in [7, 11) is 0. The Morgan fingerprint density at radius 1 is 1.33 bits per heavy atom. The van der Waals surface area contributed by atoms with Gasteiger partial charge in [-0.05, 0) is 24.2 Å². The Morgan fingerprint density at radius 2 is 1.92 bits per heavy atom. The maximum absolute atomic E-state index is 9.62. The minimum atomic E-state index is -0.400. The van der Waals surface area contributed by atoms with Crippen molar-refractivity contribution in [1.82, 2.24) is 0 Å². The van der Waals surface area contributed by atoms with Crippen LogP contribution < -0.4 is 5.73 Å². The maximum atomic E-state index is 9.62. The van der Waals surface area contributed by atoms with Gasteiger partial charge in [-0.25, -0.2) is 0 Å². The van der Waals surface area contributed by atoms with Crippen molar-refractivity contribution in [3.8, 4) is 0 Å². The van der Waals surface area contributed by atoms with Crippen LogP contribution in [-0.4, -0.2) is 29.0 Å². The number of rotatable bonds is 1. The van der Waals surface area contributed by atoms with Crippen molar-refractivity contribution < 1.29 is 10.2 Å². The van der Waals surface area contributed by atoms with Gasteiger partial charge >= 0.3 is 0 Å². The monoisotopic (exact) mass is 173 g/mol. The van der Waals surface area contributed by atoms with E-state index < -0.39 is 6.10 Å². The van der Waals surface area contributed by atoms with E-state index in [0.717, 1.165) is 6.42 Å². The van der Waals surface area contributed by atoms with Gasteiger partial charge in [0.1, 0.15) is 0 Å². The lowest BCUT2D eigenvalue weighted by Gasteiger charge is -2.40. The molecule has 0 bridgehead atoms. The van der Waals surface area contributed by atoms with E-state index in [2.05, 4.69) is 6.92 Å². The molecule has 3 nitrogen and oxygen atoms in total. The zero-order chi connectivity index (χ0) is 9.30. The molecule has 5 atom stereocenters. The summed E-state index contributed by atoms with van der Waals surface area (Å²) < 4.78 is 0. The molecular formula is C9H19NO2. The van der Waals surface area contributed by atoms with E-state index in [0.29, 0.717) is 5.92 Å². The van der Waals surface area contributed by atoms with Crippen LogP contribution in [-0.2, 0) is 0 Å². The molecule has 1 saturated carbocycles. The quantitative estimate of drug-likeness (QED) is 0.521. The van der Waals surface area contributed by atoms with Crippen LogP contribution in [0.25, 0.3) is 0 Å². The van der Waals surface area contributed by atoms with Crippen LogP contribution >= 0.6 is 0 Å². The molecule has 1 aliphatic carbocycles. The Hall–Kier alpha value is -0.120. The third-order valence-corrected chi connectivity index (χ3v) is 3.36. The lowest BCUT2D eigenvalue weighted by Crippen LogP contribution is -2.49. The fourth-order valence-corrected chi connectivity index (χ4v) is 2.07. The van der Waals surface area contributed by atoms with Gasteiger partial charge in [0.05, 0.1) is 6.10 Å². The zero-order valence-corrected chi connectivity index (χ0v) is 7.77. The largest absolute Gasteiger partial charge is 0.396 e. The summed E-state index contributed by atoms with van der Waals surface area (Å²) in [6.45, 7) is 4.25. The lowest BCUT2D eigenvalue weighted by molar-refractivity contribution is -0.0136. The molecule has 0 saturated heterocycles. The first-order valence-corrected chi connectivity index (χ1v) is 4.62. The minimum absolute atomic E-state index is 0.159. The molecule has 12 heavy (non-hydrogen) atoms. The summed E-state index contributed by atoms with van der Waals surface area (Å²) in [6, 6.07) is -0.159. The number of hydrogen-bond donors (Lipinski definition) is 3. The predicted molar refractivity (Wildman–Crippen MR) is 47.5 cm³/mol. The highest BCUT2D eigenvalue weighted by atomic mass is 16.3. The molecule has 72 valence electrons. The van der Waals surface area contributed by atoms with E-state index in [9.17, 15) is 5.11 Å². The molecule has 0 aromatic heterocycles. The van der Waals surface area contributed by atoms with E-state index in [1.54, 1.807) is 0 Å². The third-order valence-electron chi connectivity index (χ3n) is 3.36. The van der Waals surface area contributed by atoms with Crippen LogP contribution in [0.1, 0.15) is 20.3 Å². The van der Waals surface area contributed by atoms with Crippen molar-refractivity contribution in [3.63, 3.8) is 0 Å². The fraction of sp³-hybridized carbons (Fsp3) is 1.00. The Kier molecular flexibility index (Phi) is 3.09. The van der Waals surface area contributed by atoms with Crippen molar-refractivity contribution >= 4 is 0 Å². The number of nitrogens with two attached hydrogens (primary N) is 1. The highest BCUT2D eigenvalue weighted by Gasteiger charge is 2.37. The van der Waals surface area contributed by atoms with Gasteiger partial charge in [0.15, 0.2) is 0 Å². The van der Waals surface area contributed by atoms with Gasteiger partial charge < -0.3 is 15.9 Å². The summed E-state index contributed by atoms with van der Waals surface area (Å²) in [5.41, 5.74) is 5.74. The van der Waals surface area contributed by atoms with Gasteiger partial charge in [-0.15, -0.1) is 0 Å². The van der Waals surface area contributed by atoms with Crippen molar-refractivity contribution in [2.45, 2.75) is 32.4 Å². The second-order valence-corrected chi connectivity index (χ2v) is 4.05. The van der Waals surface area contributed by atoms with Gasteiger partial charge in [-0.3, -0.25) is 0 Å². The summed E-state index contributed by atoms with van der Waals surface area (Å²) in [5, 5.41) is 18.7. The van der Waals surface area contributed by atoms with E-state index >= 15 is 0 Å². The highest BCUT2D eigenvalue weighted by Crippen LogP contribution is 2.33. The molecule has 0 aromatic rings. The number of hydrogen-bond acceptors (Lipinski definition) is 3. The van der Waals surface area contributed by atoms with Crippen LogP contribution in [0.2, 0.25) is 0 Å². The number of aliphatic hydroxyl groups excluding tert-OH is 2. The molecule has 3 heteroatoms. The molecule has 0 heterocycles. The number of aliphatic hydroxyl groups is 2. The van der Waals surface area contributed by atoms with Gasteiger partial charge in [-0.2, -0.15) is 0 Å². The zero-order valence-electron chi connectivity index (χ0n) is 7.77.